The van der Waals surface area contributed by atoms with Crippen LogP contribution in [0.1, 0.15) is 39.5 Å². The zero-order chi connectivity index (χ0) is 11.7. The first-order chi connectivity index (χ1) is 7.06. The van der Waals surface area contributed by atoms with Gasteiger partial charge in [0.25, 0.3) is 0 Å². The molecule has 4 nitrogen and oxygen atoms in total. The van der Waals surface area contributed by atoms with E-state index in [-0.39, 0.29) is 11.9 Å². The molecular weight excluding hydrogens is 192 g/mol. The Kier molecular flexibility index (Phi) is 7.91. The fourth-order valence-corrected chi connectivity index (χ4v) is 1.24. The number of unbranched alkanes of at least 4 members (excludes halogenated alkanes) is 1. The maximum Gasteiger partial charge on any atom is 0.220 e. The van der Waals surface area contributed by atoms with E-state index in [1.807, 2.05) is 13.8 Å². The van der Waals surface area contributed by atoms with Crippen molar-refractivity contribution in [1.29, 1.82) is 0 Å². The van der Waals surface area contributed by atoms with Gasteiger partial charge in [0.15, 0.2) is 0 Å². The SMILES string of the molecule is CC(C)CC(=O)NCCCCC(N)C=O. The zero-order valence-corrected chi connectivity index (χ0v) is 9.66. The van der Waals surface area contributed by atoms with E-state index < -0.39 is 0 Å². The molecular formula is C11H22N2O2. The van der Waals surface area contributed by atoms with E-state index in [4.69, 9.17) is 5.73 Å². The van der Waals surface area contributed by atoms with E-state index >= 15 is 0 Å². The van der Waals surface area contributed by atoms with Gasteiger partial charge in [-0.25, -0.2) is 0 Å². The van der Waals surface area contributed by atoms with Crippen LogP contribution in [0.2, 0.25) is 0 Å². The summed E-state index contributed by atoms with van der Waals surface area (Å²) >= 11 is 0. The van der Waals surface area contributed by atoms with Gasteiger partial charge in [-0.1, -0.05) is 13.8 Å². The van der Waals surface area contributed by atoms with E-state index in [0.717, 1.165) is 19.1 Å². The maximum atomic E-state index is 11.2. The van der Waals surface area contributed by atoms with Gasteiger partial charge in [-0.3, -0.25) is 4.79 Å². The lowest BCUT2D eigenvalue weighted by Crippen LogP contribution is -2.26. The summed E-state index contributed by atoms with van der Waals surface area (Å²) in [7, 11) is 0. The molecule has 0 saturated heterocycles. The molecule has 1 amide bonds. The normalized spacial score (nSPS) is 12.5. The second-order valence-electron chi connectivity index (χ2n) is 4.24. The first kappa shape index (κ1) is 14.1. The molecule has 0 rings (SSSR count). The Morgan fingerprint density at radius 2 is 2.07 bits per heavy atom. The molecule has 0 aromatic carbocycles. The molecule has 1 atom stereocenters. The Morgan fingerprint density at radius 3 is 2.60 bits per heavy atom. The molecule has 0 aliphatic carbocycles. The Bertz CT molecular complexity index is 193. The standard InChI is InChI=1S/C11H22N2O2/c1-9(2)7-11(15)13-6-4-3-5-10(12)8-14/h8-10H,3-7,12H2,1-2H3,(H,13,15). The van der Waals surface area contributed by atoms with Crippen molar-refractivity contribution in [1.82, 2.24) is 5.32 Å². The van der Waals surface area contributed by atoms with Crippen LogP contribution in [0, 0.1) is 5.92 Å². The van der Waals surface area contributed by atoms with Crippen molar-refractivity contribution in [3.8, 4) is 0 Å². The van der Waals surface area contributed by atoms with E-state index in [9.17, 15) is 9.59 Å². The van der Waals surface area contributed by atoms with Crippen LogP contribution in [0.25, 0.3) is 0 Å². The predicted octanol–water partition coefficient (Wildman–Crippen LogP) is 0.845. The van der Waals surface area contributed by atoms with Crippen molar-refractivity contribution in [2.75, 3.05) is 6.54 Å². The summed E-state index contributed by atoms with van der Waals surface area (Å²) in [5.74, 6) is 0.498. The van der Waals surface area contributed by atoms with Gasteiger partial charge in [-0.15, -0.1) is 0 Å². The molecule has 0 fully saturated rings. The highest BCUT2D eigenvalue weighted by molar-refractivity contribution is 5.75. The number of nitrogens with one attached hydrogen (secondary N) is 1. The Morgan fingerprint density at radius 1 is 1.40 bits per heavy atom. The largest absolute Gasteiger partial charge is 0.356 e. The number of aldehydes is 1. The topological polar surface area (TPSA) is 72.2 Å². The highest BCUT2D eigenvalue weighted by Gasteiger charge is 2.03. The first-order valence-electron chi connectivity index (χ1n) is 5.53. The van der Waals surface area contributed by atoms with Crippen molar-refractivity contribution < 1.29 is 9.59 Å². The lowest BCUT2D eigenvalue weighted by atomic mass is 10.1. The van der Waals surface area contributed by atoms with Gasteiger partial charge in [0.2, 0.25) is 5.91 Å². The summed E-state index contributed by atoms with van der Waals surface area (Å²) in [6.45, 7) is 4.71. The third-order valence-electron chi connectivity index (χ3n) is 2.05. The third kappa shape index (κ3) is 9.41. The average molecular weight is 214 g/mol. The number of hydrogen-bond donors (Lipinski definition) is 2. The fraction of sp³-hybridized carbons (Fsp3) is 0.818. The number of carbonyl (C=O) groups is 2. The van der Waals surface area contributed by atoms with Crippen molar-refractivity contribution in [2.45, 2.75) is 45.6 Å². The molecule has 3 N–H and O–H groups in total. The van der Waals surface area contributed by atoms with Gasteiger partial charge in [-0.2, -0.15) is 0 Å². The number of hydrogen-bond acceptors (Lipinski definition) is 3. The molecule has 15 heavy (non-hydrogen) atoms. The van der Waals surface area contributed by atoms with Crippen LogP contribution >= 0.6 is 0 Å². The van der Waals surface area contributed by atoms with E-state index in [0.29, 0.717) is 25.3 Å². The van der Waals surface area contributed by atoms with Crippen LogP contribution in [0.5, 0.6) is 0 Å². The van der Waals surface area contributed by atoms with Crippen molar-refractivity contribution in [3.63, 3.8) is 0 Å². The van der Waals surface area contributed by atoms with Crippen LogP contribution in [-0.2, 0) is 9.59 Å². The molecule has 0 aromatic heterocycles. The summed E-state index contributed by atoms with van der Waals surface area (Å²) < 4.78 is 0. The molecule has 0 aliphatic heterocycles. The zero-order valence-electron chi connectivity index (χ0n) is 9.66. The highest BCUT2D eigenvalue weighted by atomic mass is 16.1. The Balaban J connectivity index is 3.31. The Hall–Kier alpha value is -0.900. The molecule has 1 unspecified atom stereocenters. The molecule has 0 spiro atoms. The van der Waals surface area contributed by atoms with Crippen LogP contribution in [0.4, 0.5) is 0 Å². The van der Waals surface area contributed by atoms with Gasteiger partial charge in [0, 0.05) is 13.0 Å². The molecule has 4 heteroatoms. The lowest BCUT2D eigenvalue weighted by molar-refractivity contribution is -0.121. The Labute approximate surface area is 91.6 Å². The lowest BCUT2D eigenvalue weighted by Gasteiger charge is -2.07. The smallest absolute Gasteiger partial charge is 0.220 e. The van der Waals surface area contributed by atoms with Gasteiger partial charge in [-0.05, 0) is 25.2 Å². The number of amides is 1. The summed E-state index contributed by atoms with van der Waals surface area (Å²) in [5, 5.41) is 2.84. The molecule has 0 bridgehead atoms. The quantitative estimate of drug-likeness (QED) is 0.464. The highest BCUT2D eigenvalue weighted by Crippen LogP contribution is 1.99. The van der Waals surface area contributed by atoms with Gasteiger partial charge in [0.1, 0.15) is 6.29 Å². The van der Waals surface area contributed by atoms with Gasteiger partial charge >= 0.3 is 0 Å². The van der Waals surface area contributed by atoms with E-state index in [1.165, 1.54) is 0 Å². The van der Waals surface area contributed by atoms with Crippen molar-refractivity contribution in [3.05, 3.63) is 0 Å². The van der Waals surface area contributed by atoms with Crippen LogP contribution in [-0.4, -0.2) is 24.8 Å². The maximum absolute atomic E-state index is 11.2. The molecule has 0 radical (unpaired) electrons. The van der Waals surface area contributed by atoms with E-state index in [2.05, 4.69) is 5.32 Å². The molecule has 0 heterocycles. The second-order valence-corrected chi connectivity index (χ2v) is 4.24. The average Bonchev–Trinajstić information content (AvgIpc) is 2.15. The minimum atomic E-state index is -0.351. The molecule has 0 aromatic rings. The summed E-state index contributed by atoms with van der Waals surface area (Å²) in [6.07, 6.45) is 3.79. The minimum absolute atomic E-state index is 0.102. The third-order valence-corrected chi connectivity index (χ3v) is 2.05. The summed E-state index contributed by atoms with van der Waals surface area (Å²) in [5.41, 5.74) is 5.43. The van der Waals surface area contributed by atoms with Crippen LogP contribution in [0.15, 0.2) is 0 Å². The molecule has 0 aliphatic rings. The fourth-order valence-electron chi connectivity index (χ4n) is 1.24. The van der Waals surface area contributed by atoms with Crippen molar-refractivity contribution >= 4 is 12.2 Å². The van der Waals surface area contributed by atoms with Crippen molar-refractivity contribution in [2.24, 2.45) is 11.7 Å². The molecule has 88 valence electrons. The van der Waals surface area contributed by atoms with E-state index in [1.54, 1.807) is 0 Å². The summed E-state index contributed by atoms with van der Waals surface area (Å²) in [6, 6.07) is -0.351. The van der Waals surface area contributed by atoms with Crippen LogP contribution < -0.4 is 11.1 Å². The number of nitrogens with two attached hydrogens (primary N) is 1. The number of carbonyl (C=O) groups excluding carboxylic acids is 2. The minimum Gasteiger partial charge on any atom is -0.356 e. The van der Waals surface area contributed by atoms with Gasteiger partial charge in [0.05, 0.1) is 6.04 Å². The molecule has 0 saturated carbocycles. The second kappa shape index (κ2) is 8.41. The summed E-state index contributed by atoms with van der Waals surface area (Å²) in [4.78, 5) is 21.4. The monoisotopic (exact) mass is 214 g/mol. The first-order valence-corrected chi connectivity index (χ1v) is 5.53. The van der Waals surface area contributed by atoms with Crippen LogP contribution in [0.3, 0.4) is 0 Å². The van der Waals surface area contributed by atoms with Gasteiger partial charge < -0.3 is 15.8 Å². The number of rotatable bonds is 8. The predicted molar refractivity (Wildman–Crippen MR) is 60.4 cm³/mol.